The van der Waals surface area contributed by atoms with E-state index < -0.39 is 5.91 Å². The maximum absolute atomic E-state index is 10.4. The highest BCUT2D eigenvalue weighted by Gasteiger charge is 2.01. The number of aromatic hydroxyl groups is 1. The molecule has 0 fully saturated rings. The standard InChI is InChI=1S/C9H11BrN2O2/c10-7-1-2-8(13)6(3-7)4-12-5-9(11)14/h1-3,12-13H,4-5H2,(H2,11,14). The predicted octanol–water partition coefficient (Wildman–Crippen LogP) is 0.730. The summed E-state index contributed by atoms with van der Waals surface area (Å²) in [5, 5.41) is 12.2. The average molecular weight is 259 g/mol. The van der Waals surface area contributed by atoms with Crippen LogP contribution in [0.4, 0.5) is 0 Å². The van der Waals surface area contributed by atoms with Gasteiger partial charge in [0.05, 0.1) is 6.54 Å². The third kappa shape index (κ3) is 3.35. The van der Waals surface area contributed by atoms with Crippen LogP contribution >= 0.6 is 15.9 Å². The summed E-state index contributed by atoms with van der Waals surface area (Å²) in [5.74, 6) is -0.218. The van der Waals surface area contributed by atoms with Gasteiger partial charge >= 0.3 is 0 Å². The molecule has 0 saturated carbocycles. The topological polar surface area (TPSA) is 75.4 Å². The summed E-state index contributed by atoms with van der Waals surface area (Å²) in [6.07, 6.45) is 0. The monoisotopic (exact) mass is 258 g/mol. The van der Waals surface area contributed by atoms with E-state index in [0.717, 1.165) is 10.0 Å². The van der Waals surface area contributed by atoms with E-state index in [9.17, 15) is 9.90 Å². The number of hydrogen-bond donors (Lipinski definition) is 3. The van der Waals surface area contributed by atoms with Gasteiger partial charge in [-0.3, -0.25) is 4.79 Å². The molecule has 0 saturated heterocycles. The van der Waals surface area contributed by atoms with E-state index >= 15 is 0 Å². The van der Waals surface area contributed by atoms with Gasteiger partial charge in [0.1, 0.15) is 5.75 Å². The molecule has 76 valence electrons. The second kappa shape index (κ2) is 4.97. The van der Waals surface area contributed by atoms with E-state index in [2.05, 4.69) is 21.2 Å². The number of carbonyl (C=O) groups excluding carboxylic acids is 1. The summed E-state index contributed by atoms with van der Waals surface area (Å²) in [7, 11) is 0. The van der Waals surface area contributed by atoms with Crippen LogP contribution in [-0.4, -0.2) is 17.6 Å². The SMILES string of the molecule is NC(=O)CNCc1cc(Br)ccc1O. The normalized spacial score (nSPS) is 10.1. The molecule has 0 heterocycles. The van der Waals surface area contributed by atoms with Crippen LogP contribution in [0, 0.1) is 0 Å². The lowest BCUT2D eigenvalue weighted by atomic mass is 10.2. The Balaban J connectivity index is 2.57. The quantitative estimate of drug-likeness (QED) is 0.746. The maximum atomic E-state index is 10.4. The number of nitrogens with one attached hydrogen (secondary N) is 1. The summed E-state index contributed by atoms with van der Waals surface area (Å²) in [5.41, 5.74) is 5.67. The van der Waals surface area contributed by atoms with Gasteiger partial charge in [0.15, 0.2) is 0 Å². The van der Waals surface area contributed by atoms with Crippen molar-refractivity contribution in [3.05, 3.63) is 28.2 Å². The molecule has 1 amide bonds. The summed E-state index contributed by atoms with van der Waals surface area (Å²) in [6, 6.07) is 5.11. The van der Waals surface area contributed by atoms with Gasteiger partial charge in [-0.05, 0) is 18.2 Å². The molecule has 0 aliphatic carbocycles. The van der Waals surface area contributed by atoms with E-state index in [-0.39, 0.29) is 12.3 Å². The van der Waals surface area contributed by atoms with Crippen molar-refractivity contribution >= 4 is 21.8 Å². The third-order valence-electron chi connectivity index (χ3n) is 1.66. The van der Waals surface area contributed by atoms with Crippen LogP contribution in [0.3, 0.4) is 0 Å². The molecule has 0 bridgehead atoms. The molecule has 4 N–H and O–H groups in total. The smallest absolute Gasteiger partial charge is 0.231 e. The van der Waals surface area contributed by atoms with Gasteiger partial charge in [-0.25, -0.2) is 0 Å². The van der Waals surface area contributed by atoms with Crippen molar-refractivity contribution in [2.75, 3.05) is 6.54 Å². The van der Waals surface area contributed by atoms with E-state index in [1.165, 1.54) is 0 Å². The molecular weight excluding hydrogens is 248 g/mol. The molecule has 0 aromatic heterocycles. The number of rotatable bonds is 4. The van der Waals surface area contributed by atoms with Gasteiger partial charge in [0.2, 0.25) is 5.91 Å². The molecule has 0 aliphatic rings. The Bertz CT molecular complexity index is 342. The Morgan fingerprint density at radius 2 is 2.29 bits per heavy atom. The predicted molar refractivity (Wildman–Crippen MR) is 56.7 cm³/mol. The zero-order valence-electron chi connectivity index (χ0n) is 7.46. The molecule has 4 nitrogen and oxygen atoms in total. The van der Waals surface area contributed by atoms with E-state index in [1.807, 2.05) is 0 Å². The molecule has 14 heavy (non-hydrogen) atoms. The highest BCUT2D eigenvalue weighted by molar-refractivity contribution is 9.10. The van der Waals surface area contributed by atoms with Gasteiger partial charge in [-0.15, -0.1) is 0 Å². The minimum absolute atomic E-state index is 0.103. The Morgan fingerprint density at radius 1 is 1.57 bits per heavy atom. The molecule has 0 radical (unpaired) electrons. The summed E-state index contributed by atoms with van der Waals surface area (Å²) in [4.78, 5) is 10.4. The minimum atomic E-state index is -0.417. The molecule has 0 spiro atoms. The van der Waals surface area contributed by atoms with Gasteiger partial charge in [-0.1, -0.05) is 15.9 Å². The zero-order valence-corrected chi connectivity index (χ0v) is 9.04. The molecule has 0 atom stereocenters. The molecule has 1 aromatic carbocycles. The van der Waals surface area contributed by atoms with Crippen LogP contribution in [0.2, 0.25) is 0 Å². The lowest BCUT2D eigenvalue weighted by Crippen LogP contribution is -2.28. The largest absolute Gasteiger partial charge is 0.508 e. The molecular formula is C9H11BrN2O2. The first-order valence-electron chi connectivity index (χ1n) is 4.06. The van der Waals surface area contributed by atoms with Crippen molar-refractivity contribution < 1.29 is 9.90 Å². The van der Waals surface area contributed by atoms with Crippen LogP contribution in [0.25, 0.3) is 0 Å². The number of carbonyl (C=O) groups is 1. The van der Waals surface area contributed by atoms with Gasteiger partial charge in [-0.2, -0.15) is 0 Å². The van der Waals surface area contributed by atoms with Gasteiger partial charge in [0.25, 0.3) is 0 Å². The lowest BCUT2D eigenvalue weighted by Gasteiger charge is -2.05. The van der Waals surface area contributed by atoms with Gasteiger partial charge in [0, 0.05) is 16.6 Å². The van der Waals surface area contributed by atoms with E-state index in [4.69, 9.17) is 5.73 Å². The first-order valence-corrected chi connectivity index (χ1v) is 4.85. The molecule has 5 heteroatoms. The van der Waals surface area contributed by atoms with Crippen molar-refractivity contribution in [3.63, 3.8) is 0 Å². The van der Waals surface area contributed by atoms with Crippen molar-refractivity contribution in [1.82, 2.24) is 5.32 Å². The number of nitrogens with two attached hydrogens (primary N) is 1. The first kappa shape index (κ1) is 11.0. The molecule has 1 rings (SSSR count). The van der Waals surface area contributed by atoms with Crippen LogP contribution in [-0.2, 0) is 11.3 Å². The van der Waals surface area contributed by atoms with Crippen LogP contribution in [0.15, 0.2) is 22.7 Å². The maximum Gasteiger partial charge on any atom is 0.231 e. The van der Waals surface area contributed by atoms with Crippen LogP contribution in [0.1, 0.15) is 5.56 Å². The third-order valence-corrected chi connectivity index (χ3v) is 2.15. The number of phenolic OH excluding ortho intramolecular Hbond substituents is 1. The number of primary amides is 1. The second-order valence-electron chi connectivity index (χ2n) is 2.84. The molecule has 0 aliphatic heterocycles. The first-order chi connectivity index (χ1) is 6.59. The van der Waals surface area contributed by atoms with Crippen LogP contribution < -0.4 is 11.1 Å². The summed E-state index contributed by atoms with van der Waals surface area (Å²) >= 11 is 3.29. The van der Waals surface area contributed by atoms with E-state index in [1.54, 1.807) is 18.2 Å². The van der Waals surface area contributed by atoms with Crippen molar-refractivity contribution in [1.29, 1.82) is 0 Å². The van der Waals surface area contributed by atoms with Crippen molar-refractivity contribution in [2.45, 2.75) is 6.54 Å². The van der Waals surface area contributed by atoms with Gasteiger partial charge < -0.3 is 16.2 Å². The number of hydrogen-bond acceptors (Lipinski definition) is 3. The van der Waals surface area contributed by atoms with Crippen molar-refractivity contribution in [3.8, 4) is 5.75 Å². The summed E-state index contributed by atoms with van der Waals surface area (Å²) < 4.78 is 0.881. The van der Waals surface area contributed by atoms with Crippen LogP contribution in [0.5, 0.6) is 5.75 Å². The summed E-state index contributed by atoms with van der Waals surface area (Å²) in [6.45, 7) is 0.514. The fourth-order valence-corrected chi connectivity index (χ4v) is 1.42. The number of phenols is 1. The second-order valence-corrected chi connectivity index (χ2v) is 3.76. The Labute approximate surface area is 90.2 Å². The number of amides is 1. The molecule has 0 unspecified atom stereocenters. The minimum Gasteiger partial charge on any atom is -0.508 e. The Morgan fingerprint density at radius 3 is 2.93 bits per heavy atom. The van der Waals surface area contributed by atoms with Crippen molar-refractivity contribution in [2.24, 2.45) is 5.73 Å². The Hall–Kier alpha value is -1.07. The fraction of sp³-hybridized carbons (Fsp3) is 0.222. The average Bonchev–Trinajstić information content (AvgIpc) is 2.10. The lowest BCUT2D eigenvalue weighted by molar-refractivity contribution is -0.117. The Kier molecular flexibility index (Phi) is 3.91. The highest BCUT2D eigenvalue weighted by atomic mass is 79.9. The fourth-order valence-electron chi connectivity index (χ4n) is 1.02. The highest BCUT2D eigenvalue weighted by Crippen LogP contribution is 2.21. The number of benzene rings is 1. The molecule has 1 aromatic rings. The zero-order chi connectivity index (χ0) is 10.6. The van der Waals surface area contributed by atoms with E-state index in [0.29, 0.717) is 6.54 Å². The number of halogens is 1.